The van der Waals surface area contributed by atoms with Crippen LogP contribution in [-0.4, -0.2) is 32.8 Å². The van der Waals surface area contributed by atoms with Gasteiger partial charge in [0.15, 0.2) is 0 Å². The monoisotopic (exact) mass is 250 g/mol. The van der Waals surface area contributed by atoms with E-state index in [1.165, 1.54) is 0 Å². The Hall–Kier alpha value is -0.430. The molecule has 0 bridgehead atoms. The van der Waals surface area contributed by atoms with Crippen LogP contribution in [0.4, 0.5) is 0 Å². The van der Waals surface area contributed by atoms with Crippen molar-refractivity contribution in [1.29, 1.82) is 0 Å². The summed E-state index contributed by atoms with van der Waals surface area (Å²) in [6.45, 7) is 8.77. The van der Waals surface area contributed by atoms with Gasteiger partial charge in [-0.3, -0.25) is 4.55 Å². The van der Waals surface area contributed by atoms with Gasteiger partial charge >= 0.3 is 10.4 Å². The molecule has 1 rings (SSSR count). The highest BCUT2D eigenvalue weighted by molar-refractivity contribution is 7.80. The Labute approximate surface area is 96.4 Å². The van der Waals surface area contributed by atoms with Crippen LogP contribution < -0.4 is 0 Å². The van der Waals surface area contributed by atoms with Crippen LogP contribution >= 0.6 is 0 Å². The average Bonchev–Trinajstić information content (AvgIpc) is 2.14. The molecule has 0 amide bonds. The van der Waals surface area contributed by atoms with E-state index in [1.54, 1.807) is 0 Å². The second kappa shape index (κ2) is 4.83. The summed E-state index contributed by atoms with van der Waals surface area (Å²) in [5.74, 6) is 0.0444. The van der Waals surface area contributed by atoms with Crippen molar-refractivity contribution in [2.75, 3.05) is 19.8 Å². The lowest BCUT2D eigenvalue weighted by Crippen LogP contribution is -2.37. The summed E-state index contributed by atoms with van der Waals surface area (Å²) < 4.78 is 39.4. The molecule has 1 saturated heterocycles. The Morgan fingerprint density at radius 1 is 1.62 bits per heavy atom. The molecule has 1 atom stereocenters. The van der Waals surface area contributed by atoms with E-state index >= 15 is 0 Å². The van der Waals surface area contributed by atoms with Crippen LogP contribution in [0.5, 0.6) is 0 Å². The van der Waals surface area contributed by atoms with Crippen molar-refractivity contribution in [3.05, 3.63) is 12.2 Å². The van der Waals surface area contributed by atoms with Gasteiger partial charge in [0.25, 0.3) is 0 Å². The molecule has 0 aromatic heterocycles. The highest BCUT2D eigenvalue weighted by Gasteiger charge is 2.35. The summed E-state index contributed by atoms with van der Waals surface area (Å²) in [4.78, 5) is 0. The maximum absolute atomic E-state index is 10.5. The molecule has 1 fully saturated rings. The van der Waals surface area contributed by atoms with Gasteiger partial charge in [-0.15, -0.1) is 0 Å². The van der Waals surface area contributed by atoms with Crippen molar-refractivity contribution in [1.82, 2.24) is 0 Å². The van der Waals surface area contributed by atoms with Crippen molar-refractivity contribution in [2.45, 2.75) is 20.3 Å². The minimum absolute atomic E-state index is 0.0444. The van der Waals surface area contributed by atoms with Gasteiger partial charge in [0.05, 0.1) is 19.8 Å². The minimum atomic E-state index is -4.38. The molecule has 1 N–H and O–H groups in total. The first-order valence-electron chi connectivity index (χ1n) is 5.09. The normalized spacial score (nSPS) is 23.4. The zero-order valence-corrected chi connectivity index (χ0v) is 10.4. The molecule has 1 heterocycles. The molecule has 0 spiro atoms. The molecule has 0 aromatic carbocycles. The van der Waals surface area contributed by atoms with Crippen molar-refractivity contribution in [2.24, 2.45) is 11.3 Å². The topological polar surface area (TPSA) is 72.8 Å². The highest BCUT2D eigenvalue weighted by Crippen LogP contribution is 2.36. The maximum atomic E-state index is 10.5. The van der Waals surface area contributed by atoms with Crippen LogP contribution in [0.3, 0.4) is 0 Å². The number of hydrogen-bond donors (Lipinski definition) is 1. The van der Waals surface area contributed by atoms with Gasteiger partial charge in [-0.05, 0) is 11.8 Å². The molecule has 5 nitrogen and oxygen atoms in total. The van der Waals surface area contributed by atoms with E-state index in [1.807, 2.05) is 13.8 Å². The third-order valence-corrected chi connectivity index (χ3v) is 3.28. The van der Waals surface area contributed by atoms with E-state index in [9.17, 15) is 8.42 Å². The second-order valence-electron chi connectivity index (χ2n) is 4.71. The summed E-state index contributed by atoms with van der Waals surface area (Å²) in [5, 5.41) is 0. The van der Waals surface area contributed by atoms with E-state index < -0.39 is 15.8 Å². The third-order valence-electron chi connectivity index (χ3n) is 2.87. The standard InChI is InChI=1S/C10H18O5S/c1-8-4-5-14-6-9(8)10(2,3)7-15-16(11,12)13/h9H,1,4-7H2,2-3H3,(H,11,12,13). The van der Waals surface area contributed by atoms with Crippen molar-refractivity contribution >= 4 is 10.4 Å². The first kappa shape index (κ1) is 13.6. The van der Waals surface area contributed by atoms with E-state index in [-0.39, 0.29) is 12.5 Å². The van der Waals surface area contributed by atoms with Crippen LogP contribution in [-0.2, 0) is 19.3 Å². The van der Waals surface area contributed by atoms with E-state index in [4.69, 9.17) is 9.29 Å². The number of hydrogen-bond acceptors (Lipinski definition) is 4. The van der Waals surface area contributed by atoms with E-state index in [0.29, 0.717) is 13.2 Å². The maximum Gasteiger partial charge on any atom is 0.397 e. The molecule has 0 radical (unpaired) electrons. The lowest BCUT2D eigenvalue weighted by Gasteiger charge is -2.37. The first-order chi connectivity index (χ1) is 7.22. The van der Waals surface area contributed by atoms with Gasteiger partial charge in [0, 0.05) is 5.92 Å². The zero-order valence-electron chi connectivity index (χ0n) is 9.60. The van der Waals surface area contributed by atoms with Crippen LogP contribution in [0.15, 0.2) is 12.2 Å². The predicted octanol–water partition coefficient (Wildman–Crippen LogP) is 1.42. The van der Waals surface area contributed by atoms with Crippen molar-refractivity contribution < 1.29 is 21.9 Å². The van der Waals surface area contributed by atoms with Crippen LogP contribution in [0, 0.1) is 11.3 Å². The molecule has 1 aliphatic heterocycles. The number of ether oxygens (including phenoxy) is 1. The molecule has 1 unspecified atom stereocenters. The van der Waals surface area contributed by atoms with Gasteiger partial charge in [-0.25, -0.2) is 4.18 Å². The summed E-state index contributed by atoms with van der Waals surface area (Å²) in [6.07, 6.45) is 0.778. The molecule has 0 saturated carbocycles. The Kier molecular flexibility index (Phi) is 4.12. The van der Waals surface area contributed by atoms with Gasteiger partial charge in [0.2, 0.25) is 0 Å². The molecule has 16 heavy (non-hydrogen) atoms. The second-order valence-corrected chi connectivity index (χ2v) is 5.81. The first-order valence-corrected chi connectivity index (χ1v) is 6.46. The molecule has 0 aromatic rings. The minimum Gasteiger partial charge on any atom is -0.380 e. The fraction of sp³-hybridized carbons (Fsp3) is 0.800. The Morgan fingerprint density at radius 2 is 2.25 bits per heavy atom. The smallest absolute Gasteiger partial charge is 0.380 e. The molecule has 0 aliphatic carbocycles. The van der Waals surface area contributed by atoms with Gasteiger partial charge in [-0.1, -0.05) is 26.0 Å². The SMILES string of the molecule is C=C1CCOCC1C(C)(C)COS(=O)(=O)O. The largest absolute Gasteiger partial charge is 0.397 e. The molecular formula is C10H18O5S. The summed E-state index contributed by atoms with van der Waals surface area (Å²) in [6, 6.07) is 0. The van der Waals surface area contributed by atoms with Crippen molar-refractivity contribution in [3.63, 3.8) is 0 Å². The summed E-state index contributed by atoms with van der Waals surface area (Å²) >= 11 is 0. The van der Waals surface area contributed by atoms with Crippen LogP contribution in [0.1, 0.15) is 20.3 Å². The van der Waals surface area contributed by atoms with E-state index in [2.05, 4.69) is 10.8 Å². The number of rotatable bonds is 4. The van der Waals surface area contributed by atoms with Gasteiger partial charge in [-0.2, -0.15) is 8.42 Å². The molecule has 1 aliphatic rings. The molecule has 94 valence electrons. The van der Waals surface area contributed by atoms with Crippen LogP contribution in [0.2, 0.25) is 0 Å². The fourth-order valence-corrected chi connectivity index (χ4v) is 2.25. The lowest BCUT2D eigenvalue weighted by atomic mass is 9.74. The zero-order chi connectivity index (χ0) is 12.4. The summed E-state index contributed by atoms with van der Waals surface area (Å²) in [5.41, 5.74) is 0.600. The lowest BCUT2D eigenvalue weighted by molar-refractivity contribution is 0.0171. The van der Waals surface area contributed by atoms with Crippen molar-refractivity contribution in [3.8, 4) is 0 Å². The van der Waals surface area contributed by atoms with Crippen LogP contribution in [0.25, 0.3) is 0 Å². The molecule has 6 heteroatoms. The average molecular weight is 250 g/mol. The van der Waals surface area contributed by atoms with E-state index in [0.717, 1.165) is 12.0 Å². The van der Waals surface area contributed by atoms with Gasteiger partial charge in [0.1, 0.15) is 0 Å². The third kappa shape index (κ3) is 3.86. The molecular weight excluding hydrogens is 232 g/mol. The Morgan fingerprint density at radius 3 is 2.75 bits per heavy atom. The van der Waals surface area contributed by atoms with Gasteiger partial charge < -0.3 is 4.74 Å². The Balaban J connectivity index is 2.64. The summed E-state index contributed by atoms with van der Waals surface area (Å²) in [7, 11) is -4.38. The Bertz CT molecular complexity index is 357. The predicted molar refractivity (Wildman–Crippen MR) is 59.3 cm³/mol. The quantitative estimate of drug-likeness (QED) is 0.603. The fourth-order valence-electron chi connectivity index (χ4n) is 1.80. The highest BCUT2D eigenvalue weighted by atomic mass is 32.3.